The van der Waals surface area contributed by atoms with Crippen LogP contribution >= 0.6 is 12.2 Å². The van der Waals surface area contributed by atoms with Crippen LogP contribution in [0.4, 0.5) is 11.4 Å². The number of methoxy groups -OCH3 is 3. The second kappa shape index (κ2) is 9.86. The predicted octanol–water partition coefficient (Wildman–Crippen LogP) is 4.17. The Morgan fingerprint density at radius 3 is 1.63 bits per heavy atom. The van der Waals surface area contributed by atoms with Crippen LogP contribution < -0.4 is 24.0 Å². The number of nitrogens with zero attached hydrogens (tertiary/aromatic N) is 2. The number of benzene rings is 3. The van der Waals surface area contributed by atoms with E-state index in [2.05, 4.69) is 0 Å². The lowest BCUT2D eigenvalue weighted by atomic mass is 10.0. The summed E-state index contributed by atoms with van der Waals surface area (Å²) < 4.78 is 15.5. The van der Waals surface area contributed by atoms with Crippen molar-refractivity contribution in [3.8, 4) is 23.0 Å². The Morgan fingerprint density at radius 2 is 1.23 bits per heavy atom. The first-order chi connectivity index (χ1) is 16.9. The Kier molecular flexibility index (Phi) is 6.70. The molecule has 4 rings (SSSR count). The Hall–Kier alpha value is -4.37. The van der Waals surface area contributed by atoms with E-state index in [0.717, 1.165) is 0 Å². The molecule has 0 bridgehead atoms. The maximum absolute atomic E-state index is 13.6. The summed E-state index contributed by atoms with van der Waals surface area (Å²) in [7, 11) is 4.52. The van der Waals surface area contributed by atoms with Crippen LogP contribution in [0.2, 0.25) is 0 Å². The summed E-state index contributed by atoms with van der Waals surface area (Å²) in [6, 6.07) is 18.1. The zero-order valence-corrected chi connectivity index (χ0v) is 20.0. The average molecular weight is 491 g/mol. The number of phenols is 1. The van der Waals surface area contributed by atoms with E-state index in [1.54, 1.807) is 74.9 Å². The lowest BCUT2D eigenvalue weighted by Crippen LogP contribution is -2.56. The molecule has 1 N–H and O–H groups in total. The number of carbonyl (C=O) groups excluding carboxylic acids is 2. The van der Waals surface area contributed by atoms with Gasteiger partial charge in [-0.2, -0.15) is 0 Å². The van der Waals surface area contributed by atoms with Crippen molar-refractivity contribution in [1.82, 2.24) is 0 Å². The molecule has 1 saturated heterocycles. The average Bonchev–Trinajstić information content (AvgIpc) is 2.87. The fourth-order valence-corrected chi connectivity index (χ4v) is 3.99. The van der Waals surface area contributed by atoms with Crippen LogP contribution in [-0.2, 0) is 9.59 Å². The normalized spacial score (nSPS) is 13.7. The minimum absolute atomic E-state index is 0.00469. The van der Waals surface area contributed by atoms with Crippen molar-refractivity contribution in [3.63, 3.8) is 0 Å². The van der Waals surface area contributed by atoms with Gasteiger partial charge in [-0.05, 0) is 84.5 Å². The molecular weight excluding hydrogens is 468 g/mol. The number of hydrogen-bond acceptors (Lipinski definition) is 7. The van der Waals surface area contributed by atoms with Gasteiger partial charge in [0.25, 0.3) is 11.8 Å². The fourth-order valence-electron chi connectivity index (χ4n) is 3.61. The van der Waals surface area contributed by atoms with Gasteiger partial charge < -0.3 is 19.3 Å². The number of hydrogen-bond donors (Lipinski definition) is 1. The number of carbonyl (C=O) groups is 2. The van der Waals surface area contributed by atoms with Crippen LogP contribution in [0.5, 0.6) is 23.0 Å². The molecule has 3 aromatic carbocycles. The van der Waals surface area contributed by atoms with E-state index in [-0.39, 0.29) is 22.2 Å². The summed E-state index contributed by atoms with van der Waals surface area (Å²) in [6.07, 6.45) is 1.42. The van der Waals surface area contributed by atoms with Crippen molar-refractivity contribution in [2.75, 3.05) is 31.1 Å². The first-order valence-electron chi connectivity index (χ1n) is 10.5. The minimum atomic E-state index is -0.592. The van der Waals surface area contributed by atoms with Crippen LogP contribution in [0.15, 0.2) is 72.3 Å². The number of amides is 2. The summed E-state index contributed by atoms with van der Waals surface area (Å²) in [5, 5.41) is 10.2. The van der Waals surface area contributed by atoms with Crippen LogP contribution in [0.25, 0.3) is 6.08 Å². The Bertz CT molecular complexity index is 1250. The molecule has 0 aromatic heterocycles. The van der Waals surface area contributed by atoms with Gasteiger partial charge in [0.15, 0.2) is 16.6 Å². The molecule has 0 unspecified atom stereocenters. The van der Waals surface area contributed by atoms with Gasteiger partial charge in [-0.25, -0.2) is 0 Å². The molecule has 0 radical (unpaired) electrons. The van der Waals surface area contributed by atoms with E-state index in [4.69, 9.17) is 26.4 Å². The third kappa shape index (κ3) is 4.53. The molecule has 8 nitrogen and oxygen atoms in total. The summed E-state index contributed by atoms with van der Waals surface area (Å²) in [4.78, 5) is 29.7. The van der Waals surface area contributed by atoms with E-state index in [0.29, 0.717) is 28.4 Å². The molecule has 178 valence electrons. The molecule has 0 atom stereocenters. The predicted molar refractivity (Wildman–Crippen MR) is 136 cm³/mol. The van der Waals surface area contributed by atoms with Crippen molar-refractivity contribution < 1.29 is 28.9 Å². The van der Waals surface area contributed by atoms with E-state index in [9.17, 15) is 14.7 Å². The van der Waals surface area contributed by atoms with Gasteiger partial charge in [0.1, 0.15) is 17.1 Å². The summed E-state index contributed by atoms with van der Waals surface area (Å²) >= 11 is 5.62. The lowest BCUT2D eigenvalue weighted by molar-refractivity contribution is -0.120. The molecule has 1 fully saturated rings. The minimum Gasteiger partial charge on any atom is -0.504 e. The highest BCUT2D eigenvalue weighted by Crippen LogP contribution is 2.33. The molecule has 0 spiro atoms. The van der Waals surface area contributed by atoms with Crippen LogP contribution in [0.3, 0.4) is 0 Å². The first kappa shape index (κ1) is 23.8. The third-order valence-corrected chi connectivity index (χ3v) is 5.79. The van der Waals surface area contributed by atoms with Crippen molar-refractivity contribution in [3.05, 3.63) is 77.9 Å². The van der Waals surface area contributed by atoms with Gasteiger partial charge >= 0.3 is 0 Å². The third-order valence-electron chi connectivity index (χ3n) is 5.42. The molecule has 0 aliphatic carbocycles. The van der Waals surface area contributed by atoms with Gasteiger partial charge in [-0.15, -0.1) is 0 Å². The number of anilines is 2. The lowest BCUT2D eigenvalue weighted by Gasteiger charge is -2.36. The number of ether oxygens (including phenoxy) is 3. The highest BCUT2D eigenvalue weighted by atomic mass is 32.1. The maximum Gasteiger partial charge on any atom is 0.270 e. The standard InChI is InChI=1S/C26H22N2O6S/c1-32-19-9-5-17(6-10-19)27-24(30)21(14-16-4-13-23(34-3)22(29)15-16)25(31)28(26(27)35)18-7-11-20(33-2)12-8-18/h4-15,29H,1-3H3. The summed E-state index contributed by atoms with van der Waals surface area (Å²) in [5.41, 5.74) is 1.25. The zero-order valence-electron chi connectivity index (χ0n) is 19.2. The van der Waals surface area contributed by atoms with E-state index in [1.165, 1.54) is 29.1 Å². The van der Waals surface area contributed by atoms with E-state index >= 15 is 0 Å². The number of phenolic OH excluding ortho intramolecular Hbond substituents is 1. The van der Waals surface area contributed by atoms with E-state index in [1.807, 2.05) is 0 Å². The fraction of sp³-hybridized carbons (Fsp3) is 0.115. The highest BCUT2D eigenvalue weighted by molar-refractivity contribution is 7.81. The maximum atomic E-state index is 13.6. The van der Waals surface area contributed by atoms with Crippen LogP contribution in [0.1, 0.15) is 5.56 Å². The topological polar surface area (TPSA) is 88.5 Å². The second-order valence-corrected chi connectivity index (χ2v) is 7.81. The Balaban J connectivity index is 1.84. The molecule has 1 aliphatic heterocycles. The summed E-state index contributed by atoms with van der Waals surface area (Å²) in [5.74, 6) is 0.185. The number of aromatic hydroxyl groups is 1. The molecule has 2 amide bonds. The molecule has 0 saturated carbocycles. The van der Waals surface area contributed by atoms with Crippen LogP contribution in [-0.4, -0.2) is 43.4 Å². The van der Waals surface area contributed by atoms with Gasteiger partial charge in [0.2, 0.25) is 0 Å². The quantitative estimate of drug-likeness (QED) is 0.315. The summed E-state index contributed by atoms with van der Waals surface area (Å²) in [6.45, 7) is 0. The van der Waals surface area contributed by atoms with Gasteiger partial charge in [0.05, 0.1) is 32.7 Å². The molecule has 1 heterocycles. The zero-order chi connectivity index (χ0) is 25.1. The van der Waals surface area contributed by atoms with Gasteiger partial charge in [0, 0.05) is 0 Å². The monoisotopic (exact) mass is 490 g/mol. The first-order valence-corrected chi connectivity index (χ1v) is 10.9. The number of thiocarbonyl (C=S) groups is 1. The molecule has 1 aliphatic rings. The molecule has 3 aromatic rings. The molecular formula is C26H22N2O6S. The Labute approximate surface area is 207 Å². The van der Waals surface area contributed by atoms with Crippen molar-refractivity contribution in [2.24, 2.45) is 0 Å². The molecule has 35 heavy (non-hydrogen) atoms. The van der Waals surface area contributed by atoms with Crippen molar-refractivity contribution in [2.45, 2.75) is 0 Å². The number of rotatable bonds is 6. The Morgan fingerprint density at radius 1 is 0.743 bits per heavy atom. The highest BCUT2D eigenvalue weighted by Gasteiger charge is 2.41. The van der Waals surface area contributed by atoms with Gasteiger partial charge in [-0.3, -0.25) is 19.4 Å². The van der Waals surface area contributed by atoms with Gasteiger partial charge in [-0.1, -0.05) is 6.07 Å². The second-order valence-electron chi connectivity index (χ2n) is 7.45. The molecule has 9 heteroatoms. The van der Waals surface area contributed by atoms with Crippen molar-refractivity contribution in [1.29, 1.82) is 0 Å². The van der Waals surface area contributed by atoms with E-state index < -0.39 is 11.8 Å². The van der Waals surface area contributed by atoms with Crippen LogP contribution in [0, 0.1) is 0 Å². The van der Waals surface area contributed by atoms with Crippen molar-refractivity contribution >= 4 is 46.6 Å². The smallest absolute Gasteiger partial charge is 0.270 e. The largest absolute Gasteiger partial charge is 0.504 e. The SMILES string of the molecule is COc1ccc(N2C(=O)C(=Cc3ccc(OC)c(O)c3)C(=O)N(c3ccc(OC)cc3)C2=S)cc1.